The van der Waals surface area contributed by atoms with Crippen molar-refractivity contribution in [2.75, 3.05) is 0 Å². The SMILES string of the molecule is CCCCCCCCCCCCCC(C(=O)[O-])C(C(=O)[O-])C(CC(=O)[O-])C(=O)[O-]. The fourth-order valence-corrected chi connectivity index (χ4v) is 3.62. The van der Waals surface area contributed by atoms with Crippen LogP contribution in [-0.4, -0.2) is 23.9 Å². The zero-order valence-corrected chi connectivity index (χ0v) is 17.2. The molecule has 0 bridgehead atoms. The van der Waals surface area contributed by atoms with Crippen LogP contribution in [0.3, 0.4) is 0 Å². The van der Waals surface area contributed by atoms with E-state index in [4.69, 9.17) is 0 Å². The van der Waals surface area contributed by atoms with E-state index in [1.807, 2.05) is 0 Å². The van der Waals surface area contributed by atoms with Gasteiger partial charge in [0.25, 0.3) is 0 Å². The third kappa shape index (κ3) is 12.1. The first-order valence-corrected chi connectivity index (χ1v) is 10.5. The van der Waals surface area contributed by atoms with Crippen LogP contribution in [0.1, 0.15) is 90.4 Å². The van der Waals surface area contributed by atoms with Crippen LogP contribution in [0.15, 0.2) is 0 Å². The topological polar surface area (TPSA) is 161 Å². The predicted molar refractivity (Wildman–Crippen MR) is 96.2 cm³/mol. The van der Waals surface area contributed by atoms with E-state index in [-0.39, 0.29) is 6.42 Å². The van der Waals surface area contributed by atoms with Crippen molar-refractivity contribution in [3.8, 4) is 0 Å². The molecule has 0 saturated heterocycles. The molecule has 29 heavy (non-hydrogen) atoms. The zero-order valence-electron chi connectivity index (χ0n) is 17.2. The molecular weight excluding hydrogens is 380 g/mol. The molecule has 0 aromatic carbocycles. The molecule has 0 aliphatic carbocycles. The summed E-state index contributed by atoms with van der Waals surface area (Å²) in [4.78, 5) is 44.6. The number of carboxylic acids is 4. The predicted octanol–water partition coefficient (Wildman–Crippen LogP) is -1.07. The number of aliphatic carboxylic acids is 4. The van der Waals surface area contributed by atoms with Crippen LogP contribution in [0.25, 0.3) is 0 Å². The molecule has 0 fully saturated rings. The molecule has 3 unspecified atom stereocenters. The van der Waals surface area contributed by atoms with Crippen LogP contribution in [0.2, 0.25) is 0 Å². The second-order valence-electron chi connectivity index (χ2n) is 7.60. The maximum Gasteiger partial charge on any atom is 0.0458 e. The summed E-state index contributed by atoms with van der Waals surface area (Å²) in [6.45, 7) is 2.17. The average Bonchev–Trinajstić information content (AvgIpc) is 2.63. The third-order valence-corrected chi connectivity index (χ3v) is 5.25. The van der Waals surface area contributed by atoms with Gasteiger partial charge in [0.15, 0.2) is 0 Å². The molecule has 0 aromatic rings. The number of rotatable bonds is 19. The van der Waals surface area contributed by atoms with Crippen molar-refractivity contribution >= 4 is 23.9 Å². The Balaban J connectivity index is 4.47. The second-order valence-corrected chi connectivity index (χ2v) is 7.60. The molecule has 0 amide bonds. The van der Waals surface area contributed by atoms with E-state index in [9.17, 15) is 39.6 Å². The summed E-state index contributed by atoms with van der Waals surface area (Å²) in [6, 6.07) is 0. The van der Waals surface area contributed by atoms with E-state index >= 15 is 0 Å². The Bertz CT molecular complexity index is 517. The van der Waals surface area contributed by atoms with Gasteiger partial charge in [-0.1, -0.05) is 77.6 Å². The normalized spacial score (nSPS) is 14.1. The van der Waals surface area contributed by atoms with Gasteiger partial charge >= 0.3 is 0 Å². The standard InChI is InChI=1S/C21H36O8/c1-2-3-4-5-6-7-8-9-10-11-12-13-15(19(24)25)18(21(28)29)16(20(26)27)14-17(22)23/h15-16,18H,2-14H2,1H3,(H,22,23)(H,24,25)(H,26,27)(H,28,29)/p-4. The first kappa shape index (κ1) is 26.9. The van der Waals surface area contributed by atoms with Gasteiger partial charge in [-0.05, 0) is 12.8 Å². The number of hydrogen-bond acceptors (Lipinski definition) is 8. The fourth-order valence-electron chi connectivity index (χ4n) is 3.62. The molecule has 0 rings (SSSR count). The summed E-state index contributed by atoms with van der Waals surface area (Å²) in [7, 11) is 0. The van der Waals surface area contributed by atoms with E-state index in [1.165, 1.54) is 32.1 Å². The number of carbonyl (C=O) groups excluding carboxylic acids is 4. The summed E-state index contributed by atoms with van der Waals surface area (Å²) in [5, 5.41) is 44.6. The lowest BCUT2D eigenvalue weighted by Gasteiger charge is -2.36. The Morgan fingerprint density at radius 3 is 1.34 bits per heavy atom. The second kappa shape index (κ2) is 15.8. The van der Waals surface area contributed by atoms with E-state index < -0.39 is 48.1 Å². The minimum Gasteiger partial charge on any atom is -0.550 e. The molecule has 168 valence electrons. The lowest BCUT2D eigenvalue weighted by molar-refractivity contribution is -0.339. The van der Waals surface area contributed by atoms with Crippen molar-refractivity contribution in [2.24, 2.45) is 17.8 Å². The van der Waals surface area contributed by atoms with Crippen molar-refractivity contribution in [3.63, 3.8) is 0 Å². The third-order valence-electron chi connectivity index (χ3n) is 5.25. The molecule has 0 aliphatic heterocycles. The highest BCUT2D eigenvalue weighted by Gasteiger charge is 2.32. The largest absolute Gasteiger partial charge is 0.550 e. The highest BCUT2D eigenvalue weighted by molar-refractivity contribution is 5.85. The summed E-state index contributed by atoms with van der Waals surface area (Å²) in [5.41, 5.74) is 0. The van der Waals surface area contributed by atoms with Crippen LogP contribution in [0, 0.1) is 17.8 Å². The summed E-state index contributed by atoms with van der Waals surface area (Å²) < 4.78 is 0. The molecule has 8 heteroatoms. The molecule has 0 aromatic heterocycles. The summed E-state index contributed by atoms with van der Waals surface area (Å²) in [6.07, 6.45) is 9.96. The quantitative estimate of drug-likeness (QED) is 0.242. The van der Waals surface area contributed by atoms with Crippen molar-refractivity contribution in [1.82, 2.24) is 0 Å². The molecule has 3 atom stereocenters. The fraction of sp³-hybridized carbons (Fsp3) is 0.810. The van der Waals surface area contributed by atoms with Gasteiger partial charge in [-0.15, -0.1) is 0 Å². The molecule has 0 N–H and O–H groups in total. The monoisotopic (exact) mass is 412 g/mol. The van der Waals surface area contributed by atoms with Crippen LogP contribution >= 0.6 is 0 Å². The molecule has 8 nitrogen and oxygen atoms in total. The van der Waals surface area contributed by atoms with Crippen LogP contribution in [0.4, 0.5) is 0 Å². The molecule has 0 aliphatic rings. The van der Waals surface area contributed by atoms with Crippen LogP contribution < -0.4 is 20.4 Å². The van der Waals surface area contributed by atoms with Crippen molar-refractivity contribution in [3.05, 3.63) is 0 Å². The van der Waals surface area contributed by atoms with E-state index in [1.54, 1.807) is 0 Å². The number of carboxylic acid groups (broad SMARTS) is 4. The Labute approximate surface area is 172 Å². The summed E-state index contributed by atoms with van der Waals surface area (Å²) in [5.74, 6) is -13.2. The number of unbranched alkanes of at least 4 members (excludes halogenated alkanes) is 10. The molecule has 0 saturated carbocycles. The Kier molecular flexibility index (Phi) is 14.6. The van der Waals surface area contributed by atoms with Crippen LogP contribution in [0.5, 0.6) is 0 Å². The first-order chi connectivity index (χ1) is 13.7. The highest BCUT2D eigenvalue weighted by atomic mass is 16.4. The first-order valence-electron chi connectivity index (χ1n) is 10.5. The summed E-state index contributed by atoms with van der Waals surface area (Å²) >= 11 is 0. The van der Waals surface area contributed by atoms with Gasteiger partial charge < -0.3 is 39.6 Å². The number of hydrogen-bond donors (Lipinski definition) is 0. The van der Waals surface area contributed by atoms with Crippen molar-refractivity contribution in [1.29, 1.82) is 0 Å². The van der Waals surface area contributed by atoms with Gasteiger partial charge in [0.05, 0.1) is 0 Å². The average molecular weight is 412 g/mol. The van der Waals surface area contributed by atoms with E-state index in [0.29, 0.717) is 12.8 Å². The Morgan fingerprint density at radius 2 is 1.00 bits per heavy atom. The molecule has 0 heterocycles. The Hall–Kier alpha value is -2.12. The lowest BCUT2D eigenvalue weighted by Crippen LogP contribution is -2.52. The lowest BCUT2D eigenvalue weighted by atomic mass is 9.77. The number of carbonyl (C=O) groups is 4. The Morgan fingerprint density at radius 1 is 0.586 bits per heavy atom. The molecule has 0 radical (unpaired) electrons. The van der Waals surface area contributed by atoms with Gasteiger partial charge in [0.1, 0.15) is 0 Å². The zero-order chi connectivity index (χ0) is 22.2. The van der Waals surface area contributed by atoms with E-state index in [2.05, 4.69) is 6.92 Å². The molecular formula is C21H32O8-4. The van der Waals surface area contributed by atoms with Gasteiger partial charge in [-0.3, -0.25) is 0 Å². The van der Waals surface area contributed by atoms with Crippen molar-refractivity contribution in [2.45, 2.75) is 90.4 Å². The van der Waals surface area contributed by atoms with Gasteiger partial charge in [0.2, 0.25) is 0 Å². The molecule has 0 spiro atoms. The van der Waals surface area contributed by atoms with Gasteiger partial charge in [-0.2, -0.15) is 0 Å². The smallest absolute Gasteiger partial charge is 0.0458 e. The highest BCUT2D eigenvalue weighted by Crippen LogP contribution is 2.28. The van der Waals surface area contributed by atoms with Crippen molar-refractivity contribution < 1.29 is 39.6 Å². The maximum absolute atomic E-state index is 11.4. The van der Waals surface area contributed by atoms with Crippen LogP contribution in [-0.2, 0) is 19.2 Å². The van der Waals surface area contributed by atoms with Gasteiger partial charge in [0, 0.05) is 41.6 Å². The minimum atomic E-state index is -2.05. The van der Waals surface area contributed by atoms with Gasteiger partial charge in [-0.25, -0.2) is 0 Å². The minimum absolute atomic E-state index is 0.130. The van der Waals surface area contributed by atoms with E-state index in [0.717, 1.165) is 25.7 Å². The maximum atomic E-state index is 11.4.